The van der Waals surface area contributed by atoms with E-state index in [9.17, 15) is 5.11 Å². The van der Waals surface area contributed by atoms with Crippen molar-refractivity contribution in [1.82, 2.24) is 5.32 Å². The third-order valence-electron chi connectivity index (χ3n) is 4.04. The second-order valence-corrected chi connectivity index (χ2v) is 6.29. The van der Waals surface area contributed by atoms with Gasteiger partial charge in [0.25, 0.3) is 0 Å². The third-order valence-corrected chi connectivity index (χ3v) is 4.66. The summed E-state index contributed by atoms with van der Waals surface area (Å²) in [5.74, 6) is 0.853. The Labute approximate surface area is 123 Å². The van der Waals surface area contributed by atoms with Crippen LogP contribution in [-0.4, -0.2) is 25.4 Å². The molecule has 0 amide bonds. The highest BCUT2D eigenvalue weighted by Gasteiger charge is 2.32. The van der Waals surface area contributed by atoms with E-state index in [0.29, 0.717) is 6.61 Å². The average Bonchev–Trinajstić information content (AvgIpc) is 2.88. The van der Waals surface area contributed by atoms with Gasteiger partial charge in [0.15, 0.2) is 0 Å². The Morgan fingerprint density at radius 3 is 2.68 bits per heavy atom. The summed E-state index contributed by atoms with van der Waals surface area (Å²) in [7, 11) is 1.67. The molecule has 0 saturated heterocycles. The van der Waals surface area contributed by atoms with E-state index in [0.717, 1.165) is 36.2 Å². The van der Waals surface area contributed by atoms with Crippen LogP contribution in [0.15, 0.2) is 22.7 Å². The molecule has 3 nitrogen and oxygen atoms in total. The molecule has 0 spiro atoms. The smallest absolute Gasteiger partial charge is 0.133 e. The molecule has 4 heteroatoms. The molecule has 2 N–H and O–H groups in total. The monoisotopic (exact) mass is 327 g/mol. The molecule has 0 aliphatic heterocycles. The van der Waals surface area contributed by atoms with Gasteiger partial charge in [0, 0.05) is 25.1 Å². The minimum Gasteiger partial charge on any atom is -0.496 e. The van der Waals surface area contributed by atoms with E-state index in [1.54, 1.807) is 7.11 Å². The first kappa shape index (κ1) is 14.8. The van der Waals surface area contributed by atoms with Crippen molar-refractivity contribution >= 4 is 15.9 Å². The summed E-state index contributed by atoms with van der Waals surface area (Å²) in [4.78, 5) is 0. The Morgan fingerprint density at radius 1 is 1.37 bits per heavy atom. The predicted octanol–water partition coefficient (Wildman–Crippen LogP) is 3.10. The Bertz CT molecular complexity index is 417. The lowest BCUT2D eigenvalue weighted by molar-refractivity contribution is 0.128. The fourth-order valence-corrected chi connectivity index (χ4v) is 3.40. The van der Waals surface area contributed by atoms with Gasteiger partial charge in [-0.25, -0.2) is 0 Å². The van der Waals surface area contributed by atoms with Crippen molar-refractivity contribution in [3.8, 4) is 5.75 Å². The quantitative estimate of drug-likeness (QED) is 0.843. The highest BCUT2D eigenvalue weighted by atomic mass is 79.9. The maximum atomic E-state index is 9.56. The van der Waals surface area contributed by atoms with Gasteiger partial charge in [0.05, 0.1) is 11.6 Å². The number of methoxy groups -OCH3 is 1. The van der Waals surface area contributed by atoms with E-state index >= 15 is 0 Å². The number of aliphatic hydroxyl groups excluding tert-OH is 1. The lowest BCUT2D eigenvalue weighted by Crippen LogP contribution is -2.34. The van der Waals surface area contributed by atoms with E-state index in [-0.39, 0.29) is 5.41 Å². The van der Waals surface area contributed by atoms with Crippen LogP contribution in [0.4, 0.5) is 0 Å². The van der Waals surface area contributed by atoms with Crippen LogP contribution in [-0.2, 0) is 6.54 Å². The van der Waals surface area contributed by atoms with Crippen molar-refractivity contribution < 1.29 is 9.84 Å². The molecule has 0 bridgehead atoms. The molecule has 2 rings (SSSR count). The Hall–Kier alpha value is -0.580. The fourth-order valence-electron chi connectivity index (χ4n) is 2.81. The van der Waals surface area contributed by atoms with Crippen molar-refractivity contribution in [2.75, 3.05) is 20.3 Å². The summed E-state index contributed by atoms with van der Waals surface area (Å²) in [6.45, 7) is 2.02. The first-order valence-corrected chi connectivity index (χ1v) is 7.62. The van der Waals surface area contributed by atoms with Crippen molar-refractivity contribution in [1.29, 1.82) is 0 Å². The minimum absolute atomic E-state index is 0.115. The molecule has 0 unspecified atom stereocenters. The zero-order chi connectivity index (χ0) is 13.7. The van der Waals surface area contributed by atoms with Gasteiger partial charge in [0.1, 0.15) is 5.75 Å². The van der Waals surface area contributed by atoms with Gasteiger partial charge in [-0.15, -0.1) is 0 Å². The SMILES string of the molecule is COc1ccc(CNCC2(CO)CCCC2)cc1Br. The van der Waals surface area contributed by atoms with Gasteiger partial charge in [0.2, 0.25) is 0 Å². The Balaban J connectivity index is 1.87. The number of rotatable bonds is 6. The molecule has 1 aliphatic rings. The van der Waals surface area contributed by atoms with Gasteiger partial charge in [-0.1, -0.05) is 18.9 Å². The standard InChI is InChI=1S/C15H22BrNO2/c1-19-14-5-4-12(8-13(14)16)9-17-10-15(11-18)6-2-3-7-15/h4-5,8,17-18H,2-3,6-7,9-11H2,1H3. The molecule has 1 fully saturated rings. The number of halogens is 1. The fraction of sp³-hybridized carbons (Fsp3) is 0.600. The van der Waals surface area contributed by atoms with Crippen LogP contribution in [0.5, 0.6) is 5.75 Å². The highest BCUT2D eigenvalue weighted by Crippen LogP contribution is 2.37. The molecule has 0 aromatic heterocycles. The van der Waals surface area contributed by atoms with Gasteiger partial charge in [-0.2, -0.15) is 0 Å². The number of nitrogens with one attached hydrogen (secondary N) is 1. The van der Waals surface area contributed by atoms with Crippen LogP contribution in [0.2, 0.25) is 0 Å². The molecule has 0 atom stereocenters. The van der Waals surface area contributed by atoms with Gasteiger partial charge >= 0.3 is 0 Å². The van der Waals surface area contributed by atoms with Crippen molar-refractivity contribution in [3.05, 3.63) is 28.2 Å². The van der Waals surface area contributed by atoms with Crippen molar-refractivity contribution in [2.24, 2.45) is 5.41 Å². The van der Waals surface area contributed by atoms with Crippen LogP contribution in [0.1, 0.15) is 31.2 Å². The van der Waals surface area contributed by atoms with Crippen molar-refractivity contribution in [3.63, 3.8) is 0 Å². The number of hydrogen-bond donors (Lipinski definition) is 2. The molecule has 1 aliphatic carbocycles. The molecule has 106 valence electrons. The van der Waals surface area contributed by atoms with Crippen LogP contribution < -0.4 is 10.1 Å². The summed E-state index contributed by atoms with van der Waals surface area (Å²) in [5, 5.41) is 13.0. The number of benzene rings is 1. The largest absolute Gasteiger partial charge is 0.496 e. The molecule has 19 heavy (non-hydrogen) atoms. The Kier molecular flexibility index (Phi) is 5.25. The average molecular weight is 328 g/mol. The van der Waals surface area contributed by atoms with Gasteiger partial charge < -0.3 is 15.2 Å². The van der Waals surface area contributed by atoms with E-state index < -0.39 is 0 Å². The second kappa shape index (κ2) is 6.73. The lowest BCUT2D eigenvalue weighted by Gasteiger charge is -2.26. The zero-order valence-electron chi connectivity index (χ0n) is 11.4. The first-order valence-electron chi connectivity index (χ1n) is 6.83. The highest BCUT2D eigenvalue weighted by molar-refractivity contribution is 9.10. The Morgan fingerprint density at radius 2 is 2.11 bits per heavy atom. The minimum atomic E-state index is 0.115. The predicted molar refractivity (Wildman–Crippen MR) is 80.4 cm³/mol. The summed E-state index contributed by atoms with van der Waals surface area (Å²) in [5.41, 5.74) is 1.34. The third kappa shape index (κ3) is 3.71. The molecule has 0 heterocycles. The maximum absolute atomic E-state index is 9.56. The number of aliphatic hydroxyl groups is 1. The van der Waals surface area contributed by atoms with Crippen LogP contribution in [0, 0.1) is 5.41 Å². The normalized spacial score (nSPS) is 17.6. The molecular formula is C15H22BrNO2. The summed E-state index contributed by atoms with van der Waals surface area (Å²) >= 11 is 3.50. The van der Waals surface area contributed by atoms with Gasteiger partial charge in [-0.3, -0.25) is 0 Å². The molecular weight excluding hydrogens is 306 g/mol. The second-order valence-electron chi connectivity index (χ2n) is 5.44. The number of hydrogen-bond acceptors (Lipinski definition) is 3. The topological polar surface area (TPSA) is 41.5 Å². The van der Waals surface area contributed by atoms with Crippen LogP contribution >= 0.6 is 15.9 Å². The van der Waals surface area contributed by atoms with Crippen molar-refractivity contribution in [2.45, 2.75) is 32.2 Å². The maximum Gasteiger partial charge on any atom is 0.133 e. The summed E-state index contributed by atoms with van der Waals surface area (Å²) in [6, 6.07) is 6.11. The molecule has 0 radical (unpaired) electrons. The zero-order valence-corrected chi connectivity index (χ0v) is 13.0. The van der Waals surface area contributed by atoms with Gasteiger partial charge in [-0.05, 0) is 46.5 Å². The number of ether oxygens (including phenoxy) is 1. The molecule has 1 aromatic carbocycles. The van der Waals surface area contributed by atoms with Crippen LogP contribution in [0.25, 0.3) is 0 Å². The summed E-state index contributed by atoms with van der Waals surface area (Å²) < 4.78 is 6.20. The van der Waals surface area contributed by atoms with E-state index in [1.165, 1.54) is 18.4 Å². The lowest BCUT2D eigenvalue weighted by atomic mass is 9.87. The van der Waals surface area contributed by atoms with E-state index in [4.69, 9.17) is 4.74 Å². The molecule has 1 aromatic rings. The van der Waals surface area contributed by atoms with Crippen LogP contribution in [0.3, 0.4) is 0 Å². The summed E-state index contributed by atoms with van der Waals surface area (Å²) in [6.07, 6.45) is 4.78. The molecule has 1 saturated carbocycles. The first-order chi connectivity index (χ1) is 9.19. The van der Waals surface area contributed by atoms with E-state index in [1.807, 2.05) is 6.07 Å². The van der Waals surface area contributed by atoms with E-state index in [2.05, 4.69) is 33.4 Å².